The molecule has 28 heavy (non-hydrogen) atoms. The van der Waals surface area contributed by atoms with Gasteiger partial charge in [-0.25, -0.2) is 4.79 Å². The third kappa shape index (κ3) is 3.46. The first-order valence-electron chi connectivity index (χ1n) is 8.96. The Bertz CT molecular complexity index is 981. The van der Waals surface area contributed by atoms with E-state index in [1.165, 1.54) is 11.8 Å². The first-order chi connectivity index (χ1) is 13.5. The van der Waals surface area contributed by atoms with Crippen LogP contribution in [0.1, 0.15) is 18.1 Å². The number of anilines is 2. The van der Waals surface area contributed by atoms with Gasteiger partial charge in [0.2, 0.25) is 5.91 Å². The van der Waals surface area contributed by atoms with E-state index in [9.17, 15) is 14.4 Å². The predicted molar refractivity (Wildman–Crippen MR) is 106 cm³/mol. The summed E-state index contributed by atoms with van der Waals surface area (Å²) >= 11 is 0. The second-order valence-corrected chi connectivity index (χ2v) is 6.70. The second-order valence-electron chi connectivity index (χ2n) is 6.70. The average molecular weight is 377 g/mol. The normalized spacial score (nSPS) is 19.4. The van der Waals surface area contributed by atoms with Gasteiger partial charge in [0.15, 0.2) is 0 Å². The number of nitrogens with zero attached hydrogens (tertiary/aromatic N) is 1. The van der Waals surface area contributed by atoms with Gasteiger partial charge < -0.3 is 15.4 Å². The van der Waals surface area contributed by atoms with Gasteiger partial charge in [0.1, 0.15) is 6.10 Å². The summed E-state index contributed by atoms with van der Waals surface area (Å²) in [5.41, 5.74) is 3.85. The number of benzene rings is 2. The van der Waals surface area contributed by atoms with Gasteiger partial charge >= 0.3 is 6.09 Å². The van der Waals surface area contributed by atoms with Crippen LogP contribution in [-0.4, -0.2) is 37.1 Å². The number of nitrogens with one attached hydrogen (secondary N) is 2. The molecule has 2 aliphatic heterocycles. The summed E-state index contributed by atoms with van der Waals surface area (Å²) in [6.45, 7) is 2.08. The summed E-state index contributed by atoms with van der Waals surface area (Å²) in [4.78, 5) is 36.9. The number of hydrogen-bond acceptors (Lipinski definition) is 4. The van der Waals surface area contributed by atoms with Gasteiger partial charge in [-0.1, -0.05) is 30.3 Å². The minimum Gasteiger partial charge on any atom is -0.442 e. The van der Waals surface area contributed by atoms with E-state index in [1.54, 1.807) is 0 Å². The van der Waals surface area contributed by atoms with E-state index in [2.05, 4.69) is 10.6 Å². The van der Waals surface area contributed by atoms with Gasteiger partial charge in [0, 0.05) is 29.4 Å². The van der Waals surface area contributed by atoms with E-state index >= 15 is 0 Å². The first kappa shape index (κ1) is 17.8. The number of fused-ring (bicyclic) bond motifs is 1. The van der Waals surface area contributed by atoms with Crippen LogP contribution in [0.25, 0.3) is 11.6 Å². The fourth-order valence-corrected chi connectivity index (χ4v) is 3.30. The molecule has 3 amide bonds. The number of ether oxygens (including phenoxy) is 1. The van der Waals surface area contributed by atoms with Gasteiger partial charge in [-0.15, -0.1) is 0 Å². The molecule has 0 radical (unpaired) electrons. The van der Waals surface area contributed by atoms with Crippen LogP contribution in [0, 0.1) is 0 Å². The van der Waals surface area contributed by atoms with Crippen molar-refractivity contribution in [3.63, 3.8) is 0 Å². The standard InChI is InChI=1S/C21H19N3O4/c1-13(25)22-11-16-12-24(21(27)28-16)15-8-6-14(7-9-15)10-18-17-4-2-3-5-19(17)23-20(18)26/h2-10,16H,11-12H2,1H3,(H,22,25)(H,23,26)/t16-/m0/s1. The molecule has 1 atom stereocenters. The van der Waals surface area contributed by atoms with Crippen molar-refractivity contribution in [2.45, 2.75) is 13.0 Å². The summed E-state index contributed by atoms with van der Waals surface area (Å²) in [7, 11) is 0. The fourth-order valence-electron chi connectivity index (χ4n) is 3.30. The molecule has 2 N–H and O–H groups in total. The van der Waals surface area contributed by atoms with Gasteiger partial charge in [-0.3, -0.25) is 14.5 Å². The Morgan fingerprint density at radius 1 is 1.21 bits per heavy atom. The molecule has 142 valence electrons. The number of amides is 3. The lowest BCUT2D eigenvalue weighted by Gasteiger charge is -2.13. The number of carbonyl (C=O) groups is 3. The molecule has 0 spiro atoms. The van der Waals surface area contributed by atoms with Crippen molar-refractivity contribution >= 4 is 40.9 Å². The van der Waals surface area contributed by atoms with E-state index in [4.69, 9.17) is 4.74 Å². The number of hydrogen-bond donors (Lipinski definition) is 2. The summed E-state index contributed by atoms with van der Waals surface area (Å²) in [6.07, 6.45) is 1.01. The highest BCUT2D eigenvalue weighted by atomic mass is 16.6. The molecule has 0 aliphatic carbocycles. The van der Waals surface area contributed by atoms with E-state index < -0.39 is 6.09 Å². The Kier molecular flexibility index (Phi) is 4.57. The number of rotatable bonds is 4. The zero-order valence-electron chi connectivity index (χ0n) is 15.3. The van der Waals surface area contributed by atoms with Crippen LogP contribution < -0.4 is 15.5 Å². The maximum absolute atomic E-state index is 12.2. The molecule has 2 aliphatic rings. The molecule has 4 rings (SSSR count). The zero-order valence-corrected chi connectivity index (χ0v) is 15.3. The Balaban J connectivity index is 1.50. The molecule has 1 fully saturated rings. The Labute approximate surface area is 162 Å². The molecule has 7 nitrogen and oxygen atoms in total. The van der Waals surface area contributed by atoms with Crippen molar-refractivity contribution in [2.75, 3.05) is 23.3 Å². The molecule has 0 unspecified atom stereocenters. The number of para-hydroxylation sites is 1. The highest BCUT2D eigenvalue weighted by molar-refractivity contribution is 6.34. The summed E-state index contributed by atoms with van der Waals surface area (Å²) in [5, 5.41) is 5.50. The third-order valence-electron chi connectivity index (χ3n) is 4.68. The number of carbonyl (C=O) groups excluding carboxylic acids is 3. The van der Waals surface area contributed by atoms with Crippen molar-refractivity contribution in [3.8, 4) is 0 Å². The summed E-state index contributed by atoms with van der Waals surface area (Å²) < 4.78 is 5.28. The van der Waals surface area contributed by atoms with Crippen molar-refractivity contribution in [1.29, 1.82) is 0 Å². The van der Waals surface area contributed by atoms with Crippen molar-refractivity contribution in [2.24, 2.45) is 0 Å². The van der Waals surface area contributed by atoms with Crippen LogP contribution in [0.5, 0.6) is 0 Å². The van der Waals surface area contributed by atoms with E-state index in [0.29, 0.717) is 17.8 Å². The molecule has 2 aromatic carbocycles. The predicted octanol–water partition coefficient (Wildman–Crippen LogP) is 2.64. The van der Waals surface area contributed by atoms with Crippen LogP contribution >= 0.6 is 0 Å². The van der Waals surface area contributed by atoms with Crippen LogP contribution in [0.2, 0.25) is 0 Å². The summed E-state index contributed by atoms with van der Waals surface area (Å²) in [5.74, 6) is -0.293. The lowest BCUT2D eigenvalue weighted by molar-refractivity contribution is -0.119. The molecular formula is C21H19N3O4. The number of cyclic esters (lactones) is 1. The summed E-state index contributed by atoms with van der Waals surface area (Å²) in [6, 6.07) is 14.9. The smallest absolute Gasteiger partial charge is 0.414 e. The van der Waals surface area contributed by atoms with Gasteiger partial charge in [0.25, 0.3) is 5.91 Å². The van der Waals surface area contributed by atoms with E-state index in [0.717, 1.165) is 16.8 Å². The maximum atomic E-state index is 12.2. The Hall–Kier alpha value is -3.61. The molecule has 7 heteroatoms. The molecular weight excluding hydrogens is 358 g/mol. The van der Waals surface area contributed by atoms with Crippen molar-refractivity contribution in [1.82, 2.24) is 5.32 Å². The zero-order chi connectivity index (χ0) is 19.7. The van der Waals surface area contributed by atoms with Crippen LogP contribution in [-0.2, 0) is 14.3 Å². The highest BCUT2D eigenvalue weighted by Gasteiger charge is 2.32. The maximum Gasteiger partial charge on any atom is 0.414 e. The lowest BCUT2D eigenvalue weighted by atomic mass is 10.0. The Morgan fingerprint density at radius 2 is 1.96 bits per heavy atom. The Morgan fingerprint density at radius 3 is 2.71 bits per heavy atom. The molecule has 0 bridgehead atoms. The minimum absolute atomic E-state index is 0.130. The minimum atomic E-state index is -0.439. The first-order valence-corrected chi connectivity index (χ1v) is 8.96. The molecule has 0 saturated carbocycles. The van der Waals surface area contributed by atoms with Gasteiger partial charge in [-0.2, -0.15) is 0 Å². The van der Waals surface area contributed by atoms with Crippen LogP contribution in [0.4, 0.5) is 16.2 Å². The van der Waals surface area contributed by atoms with Crippen LogP contribution in [0.3, 0.4) is 0 Å². The highest BCUT2D eigenvalue weighted by Crippen LogP contribution is 2.33. The quantitative estimate of drug-likeness (QED) is 0.802. The molecule has 0 aromatic heterocycles. The van der Waals surface area contributed by atoms with Crippen LogP contribution in [0.15, 0.2) is 48.5 Å². The van der Waals surface area contributed by atoms with E-state index in [-0.39, 0.29) is 24.5 Å². The van der Waals surface area contributed by atoms with Gasteiger partial charge in [-0.05, 0) is 29.8 Å². The largest absolute Gasteiger partial charge is 0.442 e. The van der Waals surface area contributed by atoms with Crippen molar-refractivity contribution < 1.29 is 19.1 Å². The SMILES string of the molecule is CC(=O)NC[C@H]1CN(c2ccc(C=C3C(=O)Nc4ccccc43)cc2)C(=O)O1. The molecule has 2 heterocycles. The third-order valence-corrected chi connectivity index (χ3v) is 4.68. The van der Waals surface area contributed by atoms with Gasteiger partial charge in [0.05, 0.1) is 13.1 Å². The topological polar surface area (TPSA) is 87.7 Å². The van der Waals surface area contributed by atoms with Crippen molar-refractivity contribution in [3.05, 3.63) is 59.7 Å². The molecule has 1 saturated heterocycles. The second kappa shape index (κ2) is 7.19. The lowest BCUT2D eigenvalue weighted by Crippen LogP contribution is -2.33. The average Bonchev–Trinajstić information content (AvgIpc) is 3.20. The fraction of sp³-hybridized carbons (Fsp3) is 0.190. The monoisotopic (exact) mass is 377 g/mol. The van der Waals surface area contributed by atoms with E-state index in [1.807, 2.05) is 54.6 Å². The molecule has 2 aromatic rings.